The number of pyridine rings is 1. The lowest BCUT2D eigenvalue weighted by Crippen LogP contribution is -2.18. The van der Waals surface area contributed by atoms with Crippen LogP contribution in [0.4, 0.5) is 5.69 Å². The highest BCUT2D eigenvalue weighted by Crippen LogP contribution is 2.32. The minimum absolute atomic E-state index is 0.169. The zero-order valence-corrected chi connectivity index (χ0v) is 22.6. The highest BCUT2D eigenvalue weighted by molar-refractivity contribution is 6.37. The highest BCUT2D eigenvalue weighted by Gasteiger charge is 2.19. The summed E-state index contributed by atoms with van der Waals surface area (Å²) in [5, 5.41) is 14.7. The molecule has 0 unspecified atom stereocenters. The molecular weight excluding hydrogens is 511 g/mol. The summed E-state index contributed by atoms with van der Waals surface area (Å²) in [7, 11) is 1.97. The van der Waals surface area contributed by atoms with Crippen LogP contribution in [0.3, 0.4) is 0 Å². The van der Waals surface area contributed by atoms with Crippen molar-refractivity contribution in [1.29, 1.82) is 0 Å². The van der Waals surface area contributed by atoms with Gasteiger partial charge in [-0.2, -0.15) is 5.10 Å². The molecule has 0 saturated carbocycles. The number of aromatic nitrogens is 3. The van der Waals surface area contributed by atoms with Gasteiger partial charge in [0.05, 0.1) is 39.7 Å². The Labute approximate surface area is 226 Å². The van der Waals surface area contributed by atoms with Crippen LogP contribution in [0.2, 0.25) is 10.0 Å². The molecule has 0 atom stereocenters. The summed E-state index contributed by atoms with van der Waals surface area (Å²) in [6.45, 7) is 7.07. The average molecular weight is 539 g/mol. The molecule has 0 saturated heterocycles. The largest absolute Gasteiger partial charge is 0.487 e. The van der Waals surface area contributed by atoms with E-state index in [4.69, 9.17) is 33.0 Å². The second kappa shape index (κ2) is 11.2. The number of ether oxygens (including phenoxy) is 1. The maximum Gasteiger partial charge on any atom is 0.337 e. The first-order valence-electron chi connectivity index (χ1n) is 11.8. The number of carboxylic acid groups (broad SMARTS) is 1. The predicted molar refractivity (Wildman–Crippen MR) is 146 cm³/mol. The van der Waals surface area contributed by atoms with Crippen LogP contribution < -0.4 is 9.64 Å². The van der Waals surface area contributed by atoms with Crippen LogP contribution in [0, 0.1) is 6.92 Å². The van der Waals surface area contributed by atoms with E-state index in [1.165, 1.54) is 6.20 Å². The number of hydrogen-bond acceptors (Lipinski definition) is 5. The van der Waals surface area contributed by atoms with E-state index in [0.717, 1.165) is 34.0 Å². The van der Waals surface area contributed by atoms with Crippen molar-refractivity contribution in [1.82, 2.24) is 14.8 Å². The van der Waals surface area contributed by atoms with E-state index in [1.54, 1.807) is 35.0 Å². The van der Waals surface area contributed by atoms with Gasteiger partial charge in [0.15, 0.2) is 0 Å². The average Bonchev–Trinajstić information content (AvgIpc) is 3.26. The van der Waals surface area contributed by atoms with Gasteiger partial charge in [0.25, 0.3) is 0 Å². The highest BCUT2D eigenvalue weighted by atomic mass is 35.5. The van der Waals surface area contributed by atoms with Crippen LogP contribution in [0.5, 0.6) is 5.75 Å². The van der Waals surface area contributed by atoms with Gasteiger partial charge in [-0.1, -0.05) is 43.1 Å². The Balaban J connectivity index is 1.52. The maximum atomic E-state index is 11.1. The van der Waals surface area contributed by atoms with E-state index in [2.05, 4.69) is 28.8 Å². The van der Waals surface area contributed by atoms with Crippen molar-refractivity contribution in [2.45, 2.75) is 39.8 Å². The Hall–Kier alpha value is -3.55. The first-order valence-corrected chi connectivity index (χ1v) is 12.5. The molecule has 7 nitrogen and oxygen atoms in total. The molecule has 192 valence electrons. The van der Waals surface area contributed by atoms with Crippen molar-refractivity contribution < 1.29 is 14.6 Å². The topological polar surface area (TPSA) is 80.5 Å². The molecule has 2 aromatic heterocycles. The number of anilines is 1. The minimum atomic E-state index is -0.989. The first-order chi connectivity index (χ1) is 17.7. The normalized spacial score (nSPS) is 11.1. The molecule has 4 rings (SSSR count). The SMILES string of the molecule is Cc1cc(OCc2c(C(C)C)cnn2-c2c(Cl)cccc2Cl)ccc1N(C)Cc1ccc(C(=O)O)cn1. The molecular formula is C28H28Cl2N4O3. The number of para-hydroxylation sites is 1. The van der Waals surface area contributed by atoms with Crippen molar-refractivity contribution >= 4 is 34.9 Å². The van der Waals surface area contributed by atoms with E-state index >= 15 is 0 Å². The number of nitrogens with zero attached hydrogens (tertiary/aromatic N) is 4. The van der Waals surface area contributed by atoms with Gasteiger partial charge in [-0.05, 0) is 66.4 Å². The molecule has 0 aliphatic heterocycles. The molecule has 0 bridgehead atoms. The third-order valence-corrected chi connectivity index (χ3v) is 6.71. The number of aryl methyl sites for hydroxylation is 1. The van der Waals surface area contributed by atoms with Crippen LogP contribution in [0.15, 0.2) is 60.9 Å². The van der Waals surface area contributed by atoms with E-state index < -0.39 is 5.97 Å². The number of benzene rings is 2. The fraction of sp³-hybridized carbons (Fsp3) is 0.250. The summed E-state index contributed by atoms with van der Waals surface area (Å²) in [6.07, 6.45) is 3.21. The standard InChI is InChI=1S/C28H28Cl2N4O3/c1-17(2)22-14-32-34(27-23(29)6-5-7-24(27)30)26(22)16-37-21-10-11-25(18(3)12-21)33(4)15-20-9-8-19(13-31-20)28(35)36/h5-14,17H,15-16H2,1-4H3,(H,35,36). The Morgan fingerprint density at radius 1 is 1.11 bits per heavy atom. The lowest BCUT2D eigenvalue weighted by atomic mass is 10.0. The van der Waals surface area contributed by atoms with Crippen molar-refractivity contribution in [3.05, 3.63) is 99.0 Å². The Kier molecular flexibility index (Phi) is 8.05. The predicted octanol–water partition coefficient (Wildman–Crippen LogP) is 6.92. The quantitative estimate of drug-likeness (QED) is 0.249. The Bertz CT molecular complexity index is 1400. The number of carboxylic acids is 1. The lowest BCUT2D eigenvalue weighted by Gasteiger charge is -2.22. The first kappa shape index (κ1) is 26.5. The third kappa shape index (κ3) is 5.89. The third-order valence-electron chi connectivity index (χ3n) is 6.10. The molecule has 0 amide bonds. The zero-order chi connectivity index (χ0) is 26.7. The maximum absolute atomic E-state index is 11.1. The number of hydrogen-bond donors (Lipinski definition) is 1. The molecule has 0 radical (unpaired) electrons. The Morgan fingerprint density at radius 2 is 1.84 bits per heavy atom. The summed E-state index contributed by atoms with van der Waals surface area (Å²) in [4.78, 5) is 17.4. The molecule has 37 heavy (non-hydrogen) atoms. The van der Waals surface area contributed by atoms with E-state index in [1.807, 2.05) is 38.4 Å². The van der Waals surface area contributed by atoms with E-state index in [9.17, 15) is 4.79 Å². The monoisotopic (exact) mass is 538 g/mol. The zero-order valence-electron chi connectivity index (χ0n) is 21.1. The van der Waals surface area contributed by atoms with E-state index in [0.29, 0.717) is 28.9 Å². The van der Waals surface area contributed by atoms with Gasteiger partial charge in [-0.3, -0.25) is 4.98 Å². The molecule has 0 aliphatic carbocycles. The molecule has 4 aromatic rings. The van der Waals surface area contributed by atoms with Crippen molar-refractivity contribution in [3.63, 3.8) is 0 Å². The summed E-state index contributed by atoms with van der Waals surface area (Å²) < 4.78 is 7.98. The summed E-state index contributed by atoms with van der Waals surface area (Å²) in [5.74, 6) is -0.0202. The van der Waals surface area contributed by atoms with Gasteiger partial charge in [0.1, 0.15) is 18.0 Å². The van der Waals surface area contributed by atoms with Crippen LogP contribution >= 0.6 is 23.2 Å². The fourth-order valence-electron chi connectivity index (χ4n) is 4.17. The fourth-order valence-corrected chi connectivity index (χ4v) is 4.73. The second-order valence-corrected chi connectivity index (χ2v) is 9.93. The van der Waals surface area contributed by atoms with Gasteiger partial charge < -0.3 is 14.7 Å². The van der Waals surface area contributed by atoms with Crippen molar-refractivity contribution in [2.75, 3.05) is 11.9 Å². The second-order valence-electron chi connectivity index (χ2n) is 9.12. The molecule has 2 aromatic carbocycles. The summed E-state index contributed by atoms with van der Waals surface area (Å²) >= 11 is 12.9. The number of rotatable bonds is 9. The number of carbonyl (C=O) groups is 1. The lowest BCUT2D eigenvalue weighted by molar-refractivity contribution is 0.0696. The minimum Gasteiger partial charge on any atom is -0.487 e. The van der Waals surface area contributed by atoms with Crippen LogP contribution in [0.1, 0.15) is 52.6 Å². The molecule has 2 heterocycles. The van der Waals surface area contributed by atoms with Gasteiger partial charge in [0.2, 0.25) is 0 Å². The van der Waals surface area contributed by atoms with E-state index in [-0.39, 0.29) is 11.5 Å². The summed E-state index contributed by atoms with van der Waals surface area (Å²) in [5.41, 5.74) is 5.59. The molecule has 0 fully saturated rings. The van der Waals surface area contributed by atoms with Crippen LogP contribution in [-0.4, -0.2) is 32.9 Å². The van der Waals surface area contributed by atoms with Crippen molar-refractivity contribution in [3.8, 4) is 11.4 Å². The Morgan fingerprint density at radius 3 is 2.43 bits per heavy atom. The van der Waals surface area contributed by atoms with Crippen LogP contribution in [-0.2, 0) is 13.2 Å². The van der Waals surface area contributed by atoms with Crippen molar-refractivity contribution in [2.24, 2.45) is 0 Å². The molecule has 0 spiro atoms. The smallest absolute Gasteiger partial charge is 0.337 e. The van der Waals surface area contributed by atoms with Gasteiger partial charge in [-0.25, -0.2) is 9.48 Å². The molecule has 0 aliphatic rings. The number of halogens is 2. The van der Waals surface area contributed by atoms with Gasteiger partial charge >= 0.3 is 5.97 Å². The van der Waals surface area contributed by atoms with Gasteiger partial charge in [0, 0.05) is 18.9 Å². The van der Waals surface area contributed by atoms with Crippen LogP contribution in [0.25, 0.3) is 5.69 Å². The summed E-state index contributed by atoms with van der Waals surface area (Å²) in [6, 6.07) is 14.6. The van der Waals surface area contributed by atoms with Gasteiger partial charge in [-0.15, -0.1) is 0 Å². The number of aromatic carboxylic acids is 1. The molecule has 1 N–H and O–H groups in total. The molecule has 9 heteroatoms.